The predicted octanol–water partition coefficient (Wildman–Crippen LogP) is 5.47. The van der Waals surface area contributed by atoms with Gasteiger partial charge in [0.1, 0.15) is 17.1 Å². The highest BCUT2D eigenvalue weighted by atomic mass is 16.5. The van der Waals surface area contributed by atoms with Crippen molar-refractivity contribution in [2.24, 2.45) is 0 Å². The zero-order valence-electron chi connectivity index (χ0n) is 20.0. The van der Waals surface area contributed by atoms with Crippen molar-refractivity contribution in [3.63, 3.8) is 0 Å². The average molecular weight is 473 g/mol. The number of barbiturate groups is 1. The second-order valence-electron chi connectivity index (χ2n) is 8.52. The van der Waals surface area contributed by atoms with Crippen molar-refractivity contribution in [3.8, 4) is 11.5 Å². The lowest BCUT2D eigenvalue weighted by Gasteiger charge is -2.26. The summed E-state index contributed by atoms with van der Waals surface area (Å²) in [6.07, 6.45) is 3.34. The van der Waals surface area contributed by atoms with Gasteiger partial charge in [0.05, 0.1) is 18.4 Å². The Morgan fingerprint density at radius 1 is 0.971 bits per heavy atom. The van der Waals surface area contributed by atoms with Gasteiger partial charge in [0.2, 0.25) is 0 Å². The van der Waals surface area contributed by atoms with Gasteiger partial charge in [-0.1, -0.05) is 43.7 Å². The maximum Gasteiger partial charge on any atom is 0.335 e. The Balaban J connectivity index is 1.72. The topological polar surface area (TPSA) is 84.9 Å². The maximum absolute atomic E-state index is 13.4. The monoisotopic (exact) mass is 472 g/mol. The van der Waals surface area contributed by atoms with Gasteiger partial charge < -0.3 is 9.47 Å². The van der Waals surface area contributed by atoms with Crippen molar-refractivity contribution in [1.29, 1.82) is 0 Å². The lowest BCUT2D eigenvalue weighted by Crippen LogP contribution is -2.54. The van der Waals surface area contributed by atoms with E-state index in [2.05, 4.69) is 12.2 Å². The quantitative estimate of drug-likeness (QED) is 0.267. The van der Waals surface area contributed by atoms with Gasteiger partial charge in [-0.25, -0.2) is 9.69 Å². The van der Waals surface area contributed by atoms with Crippen molar-refractivity contribution in [3.05, 3.63) is 71.8 Å². The predicted molar refractivity (Wildman–Crippen MR) is 136 cm³/mol. The highest BCUT2D eigenvalue weighted by Crippen LogP contribution is 2.32. The average Bonchev–Trinajstić information content (AvgIpc) is 2.83. The maximum atomic E-state index is 13.4. The Kier molecular flexibility index (Phi) is 7.15. The first-order valence-electron chi connectivity index (χ1n) is 11.7. The van der Waals surface area contributed by atoms with Gasteiger partial charge in [0.15, 0.2) is 0 Å². The summed E-state index contributed by atoms with van der Waals surface area (Å²) in [5, 5.41) is 4.05. The van der Waals surface area contributed by atoms with Crippen LogP contribution in [0.2, 0.25) is 0 Å². The molecule has 0 aliphatic carbocycles. The summed E-state index contributed by atoms with van der Waals surface area (Å²) < 4.78 is 11.6. The fourth-order valence-corrected chi connectivity index (χ4v) is 3.84. The first-order valence-corrected chi connectivity index (χ1v) is 11.7. The SMILES string of the molecule is CCCCOc1ccc(N2C(=O)NC(=O)/C(=C/c3c(OC(C)C)ccc4ccccc34)C2=O)cc1. The van der Waals surface area contributed by atoms with E-state index in [0.717, 1.165) is 28.5 Å². The molecule has 1 fully saturated rings. The minimum atomic E-state index is -0.798. The molecule has 3 aromatic rings. The molecule has 0 atom stereocenters. The minimum absolute atomic E-state index is 0.111. The zero-order valence-corrected chi connectivity index (χ0v) is 20.0. The summed E-state index contributed by atoms with van der Waals surface area (Å²) in [5.41, 5.74) is 0.785. The van der Waals surface area contributed by atoms with Crippen molar-refractivity contribution >= 4 is 40.4 Å². The summed E-state index contributed by atoms with van der Waals surface area (Å²) in [6.45, 7) is 6.48. The van der Waals surface area contributed by atoms with Gasteiger partial charge in [0.25, 0.3) is 11.8 Å². The third-order valence-corrected chi connectivity index (χ3v) is 5.55. The third-order valence-electron chi connectivity index (χ3n) is 5.55. The van der Waals surface area contributed by atoms with Gasteiger partial charge in [0, 0.05) is 5.56 Å². The van der Waals surface area contributed by atoms with E-state index in [-0.39, 0.29) is 11.7 Å². The molecule has 1 N–H and O–H groups in total. The summed E-state index contributed by atoms with van der Waals surface area (Å²) in [5.74, 6) is -0.269. The number of imide groups is 2. The number of benzene rings is 3. The number of unbranched alkanes of at least 4 members (excludes halogenated alkanes) is 1. The van der Waals surface area contributed by atoms with E-state index in [4.69, 9.17) is 9.47 Å². The van der Waals surface area contributed by atoms with Crippen molar-refractivity contribution in [1.82, 2.24) is 5.32 Å². The molecule has 0 unspecified atom stereocenters. The summed E-state index contributed by atoms with van der Waals surface area (Å²) in [7, 11) is 0. The number of nitrogens with one attached hydrogen (secondary N) is 1. The van der Waals surface area contributed by atoms with Crippen LogP contribution in [0.4, 0.5) is 10.5 Å². The van der Waals surface area contributed by atoms with E-state index in [9.17, 15) is 14.4 Å². The number of carbonyl (C=O) groups is 3. The second-order valence-corrected chi connectivity index (χ2v) is 8.52. The number of ether oxygens (including phenoxy) is 2. The molecule has 1 aliphatic rings. The molecule has 35 heavy (non-hydrogen) atoms. The number of rotatable bonds is 8. The number of carbonyl (C=O) groups excluding carboxylic acids is 3. The van der Waals surface area contributed by atoms with Crippen LogP contribution in [0.3, 0.4) is 0 Å². The highest BCUT2D eigenvalue weighted by molar-refractivity contribution is 6.39. The second kappa shape index (κ2) is 10.4. The Hall–Kier alpha value is -4.13. The van der Waals surface area contributed by atoms with Crippen LogP contribution in [0.1, 0.15) is 39.2 Å². The number of urea groups is 1. The number of nitrogens with zero attached hydrogens (tertiary/aromatic N) is 1. The van der Waals surface area contributed by atoms with Crippen LogP contribution in [0.5, 0.6) is 11.5 Å². The van der Waals surface area contributed by atoms with Crippen LogP contribution in [0.15, 0.2) is 66.2 Å². The van der Waals surface area contributed by atoms with Gasteiger partial charge in [-0.3, -0.25) is 14.9 Å². The molecule has 1 aliphatic heterocycles. The number of hydrogen-bond acceptors (Lipinski definition) is 5. The number of amides is 4. The molecule has 1 heterocycles. The van der Waals surface area contributed by atoms with Crippen molar-refractivity contribution < 1.29 is 23.9 Å². The highest BCUT2D eigenvalue weighted by Gasteiger charge is 2.37. The molecule has 4 amide bonds. The zero-order chi connectivity index (χ0) is 24.9. The summed E-state index contributed by atoms with van der Waals surface area (Å²) in [6, 6.07) is 17.2. The minimum Gasteiger partial charge on any atom is -0.494 e. The van der Waals surface area contributed by atoms with Gasteiger partial charge in [-0.2, -0.15) is 0 Å². The number of fused-ring (bicyclic) bond motifs is 1. The fraction of sp³-hybridized carbons (Fsp3) is 0.250. The molecule has 180 valence electrons. The van der Waals surface area contributed by atoms with Crippen LogP contribution >= 0.6 is 0 Å². The lowest BCUT2D eigenvalue weighted by atomic mass is 9.99. The van der Waals surface area contributed by atoms with E-state index in [1.54, 1.807) is 24.3 Å². The standard InChI is InChI=1S/C28H28N2O5/c1-4-5-16-34-21-13-11-20(12-14-21)30-27(32)24(26(31)29-28(30)33)17-23-22-9-7-6-8-19(22)10-15-25(23)35-18(2)3/h6-15,17-18H,4-5,16H2,1-3H3,(H,29,31,33)/b24-17-. The van der Waals surface area contributed by atoms with Crippen LogP contribution in [0.25, 0.3) is 16.8 Å². The van der Waals surface area contributed by atoms with Crippen LogP contribution in [-0.4, -0.2) is 30.6 Å². The van der Waals surface area contributed by atoms with E-state index < -0.39 is 17.8 Å². The number of hydrogen-bond donors (Lipinski definition) is 1. The fourth-order valence-electron chi connectivity index (χ4n) is 3.84. The molecule has 3 aromatic carbocycles. The van der Waals surface area contributed by atoms with Gasteiger partial charge >= 0.3 is 6.03 Å². The first-order chi connectivity index (χ1) is 16.9. The Morgan fingerprint density at radius 2 is 1.71 bits per heavy atom. The Bertz CT molecular complexity index is 1290. The summed E-state index contributed by atoms with van der Waals surface area (Å²) >= 11 is 0. The van der Waals surface area contributed by atoms with E-state index >= 15 is 0 Å². The molecule has 4 rings (SSSR count). The normalized spacial score (nSPS) is 15.1. The molecule has 0 aromatic heterocycles. The van der Waals surface area contributed by atoms with E-state index in [1.807, 2.05) is 50.2 Å². The van der Waals surface area contributed by atoms with Crippen molar-refractivity contribution in [2.75, 3.05) is 11.5 Å². The molecule has 7 heteroatoms. The van der Waals surface area contributed by atoms with Crippen LogP contribution < -0.4 is 19.7 Å². The smallest absolute Gasteiger partial charge is 0.335 e. The molecule has 0 bridgehead atoms. The number of anilines is 1. The Morgan fingerprint density at radius 3 is 2.43 bits per heavy atom. The third kappa shape index (κ3) is 5.19. The molecule has 0 radical (unpaired) electrons. The van der Waals surface area contributed by atoms with E-state index in [1.165, 1.54) is 6.08 Å². The van der Waals surface area contributed by atoms with Gasteiger partial charge in [-0.05, 0) is 67.4 Å². The van der Waals surface area contributed by atoms with Crippen LogP contribution in [0, 0.1) is 0 Å². The molecule has 1 saturated heterocycles. The molecular weight excluding hydrogens is 444 g/mol. The molecule has 7 nitrogen and oxygen atoms in total. The molecule has 0 spiro atoms. The molecule has 0 saturated carbocycles. The Labute approximate surface area is 204 Å². The van der Waals surface area contributed by atoms with Gasteiger partial charge in [-0.15, -0.1) is 0 Å². The van der Waals surface area contributed by atoms with E-state index in [0.29, 0.717) is 29.4 Å². The largest absolute Gasteiger partial charge is 0.494 e. The van der Waals surface area contributed by atoms with Crippen LogP contribution in [-0.2, 0) is 9.59 Å². The van der Waals surface area contributed by atoms with Crippen molar-refractivity contribution in [2.45, 2.75) is 39.7 Å². The lowest BCUT2D eigenvalue weighted by molar-refractivity contribution is -0.122. The first kappa shape index (κ1) is 24.0. The summed E-state index contributed by atoms with van der Waals surface area (Å²) in [4.78, 5) is 39.8. The molecular formula is C28H28N2O5.